The van der Waals surface area contributed by atoms with E-state index in [9.17, 15) is 14.8 Å². The Morgan fingerprint density at radius 2 is 1.85 bits per heavy atom. The summed E-state index contributed by atoms with van der Waals surface area (Å²) in [5.41, 5.74) is -0.381. The van der Waals surface area contributed by atoms with Crippen LogP contribution in [0.3, 0.4) is 0 Å². The fourth-order valence-electron chi connectivity index (χ4n) is 2.10. The monoisotopic (exact) mass is 300 g/mol. The van der Waals surface area contributed by atoms with Crippen LogP contribution in [0.5, 0.6) is 0 Å². The van der Waals surface area contributed by atoms with Gasteiger partial charge in [-0.15, -0.1) is 0 Å². The van der Waals surface area contributed by atoms with Crippen LogP contribution in [0, 0.1) is 5.41 Å². The molecule has 20 heavy (non-hydrogen) atoms. The molecule has 1 heterocycles. The van der Waals surface area contributed by atoms with E-state index < -0.39 is 19.6 Å². The second kappa shape index (κ2) is 5.78. The molecule has 2 rings (SSSR count). The van der Waals surface area contributed by atoms with Gasteiger partial charge in [-0.3, -0.25) is 0 Å². The van der Waals surface area contributed by atoms with Crippen LogP contribution in [0.25, 0.3) is 0 Å². The number of aliphatic carboxylic acids is 1. The molecule has 0 aromatic heterocycles. The minimum atomic E-state index is -3.70. The van der Waals surface area contributed by atoms with E-state index in [4.69, 9.17) is 9.05 Å². The van der Waals surface area contributed by atoms with Crippen molar-refractivity contribution in [2.45, 2.75) is 25.9 Å². The Kier molecular flexibility index (Phi) is 4.45. The number of benzene rings is 1. The van der Waals surface area contributed by atoms with E-state index in [1.807, 2.05) is 44.2 Å². The number of carboxylic acids is 1. The minimum absolute atomic E-state index is 0.199. The Bertz CT molecular complexity index is 464. The first-order chi connectivity index (χ1) is 9.32. The fraction of sp³-hybridized carbons (Fsp3) is 0.500. The molecule has 1 saturated heterocycles. The third-order valence-electron chi connectivity index (χ3n) is 3.36. The molecule has 0 radical (unpaired) electrons. The summed E-state index contributed by atoms with van der Waals surface area (Å²) in [6.45, 7) is 4.53. The number of carbonyl (C=O) groups is 1. The quantitative estimate of drug-likeness (QED) is 0.834. The zero-order valence-corrected chi connectivity index (χ0v) is 12.7. The van der Waals surface area contributed by atoms with Crippen molar-refractivity contribution in [3.8, 4) is 0 Å². The molecule has 2 N–H and O–H groups in total. The van der Waals surface area contributed by atoms with Gasteiger partial charge in [0.25, 0.3) is 0 Å². The zero-order chi connectivity index (χ0) is 14.8. The van der Waals surface area contributed by atoms with Gasteiger partial charge in [0.15, 0.2) is 0 Å². The van der Waals surface area contributed by atoms with E-state index in [0.29, 0.717) is 13.2 Å². The maximum atomic E-state index is 11.5. The normalized spacial score (nSPS) is 23.8. The van der Waals surface area contributed by atoms with Gasteiger partial charge in [-0.1, -0.05) is 0 Å². The van der Waals surface area contributed by atoms with Crippen LogP contribution in [-0.2, 0) is 20.3 Å². The van der Waals surface area contributed by atoms with Gasteiger partial charge < -0.3 is 0 Å². The van der Waals surface area contributed by atoms with Gasteiger partial charge in [0.05, 0.1) is 0 Å². The Morgan fingerprint density at radius 1 is 1.30 bits per heavy atom. The molecule has 112 valence electrons. The van der Waals surface area contributed by atoms with Crippen LogP contribution >= 0.6 is 7.94 Å². The van der Waals surface area contributed by atoms with Crippen LogP contribution in [0.2, 0.25) is 0 Å². The summed E-state index contributed by atoms with van der Waals surface area (Å²) < 4.78 is 10.9. The Hall–Kier alpha value is -1.00. The van der Waals surface area contributed by atoms with Crippen LogP contribution in [0.1, 0.15) is 19.4 Å². The molecule has 1 atom stereocenters. The number of carboxylic acid groups (broad SMARTS) is 1. The van der Waals surface area contributed by atoms with E-state index in [1.54, 1.807) is 0 Å². The second-order valence-corrected chi connectivity index (χ2v) is 8.49. The van der Waals surface area contributed by atoms with Crippen molar-refractivity contribution in [1.29, 1.82) is 0 Å². The Morgan fingerprint density at radius 3 is 2.35 bits per heavy atom. The molecule has 0 aliphatic carbocycles. The van der Waals surface area contributed by atoms with Crippen LogP contribution in [0.15, 0.2) is 30.3 Å². The first kappa shape index (κ1) is 15.4. The second-order valence-electron chi connectivity index (χ2n) is 5.95. The topological polar surface area (TPSA) is 76.0 Å². The number of hydrogen-bond acceptors (Lipinski definition) is 4. The predicted octanol–water partition coefficient (Wildman–Crippen LogP) is 2.24. The molecule has 1 unspecified atom stereocenters. The van der Waals surface area contributed by atoms with E-state index in [-0.39, 0.29) is 11.8 Å². The molecule has 5 nitrogen and oxygen atoms in total. The van der Waals surface area contributed by atoms with E-state index >= 15 is 0 Å². The summed E-state index contributed by atoms with van der Waals surface area (Å²) in [4.78, 5) is 22.0. The van der Waals surface area contributed by atoms with Gasteiger partial charge in [-0.25, -0.2) is 0 Å². The molecular formula is C14H21O5P. The molecule has 0 saturated carbocycles. The summed E-state index contributed by atoms with van der Waals surface area (Å²) in [7, 11) is -3.70. The van der Waals surface area contributed by atoms with Gasteiger partial charge in [-0.05, 0) is 0 Å². The first-order valence-electron chi connectivity index (χ1n) is 6.59. The fourth-order valence-corrected chi connectivity index (χ4v) is 4.59. The average Bonchev–Trinajstić information content (AvgIpc) is 2.41. The molecular weight excluding hydrogens is 279 g/mol. The van der Waals surface area contributed by atoms with Crippen LogP contribution in [-0.4, -0.2) is 34.8 Å². The summed E-state index contributed by atoms with van der Waals surface area (Å²) in [5, 5.41) is 9.40. The van der Waals surface area contributed by atoms with Gasteiger partial charge in [0, 0.05) is 0 Å². The van der Waals surface area contributed by atoms with Crippen molar-refractivity contribution >= 4 is 13.9 Å². The predicted molar refractivity (Wildman–Crippen MR) is 77.8 cm³/mol. The van der Waals surface area contributed by atoms with Crippen LogP contribution < -0.4 is 0 Å². The van der Waals surface area contributed by atoms with Gasteiger partial charge in [-0.2, -0.15) is 0 Å². The van der Waals surface area contributed by atoms with E-state index in [1.165, 1.54) is 0 Å². The SMILES string of the molecule is CC1(C)CO[PH](O)(C(Cc2ccccc2)C(=O)O)OC1. The molecule has 0 amide bonds. The van der Waals surface area contributed by atoms with Gasteiger partial charge >= 0.3 is 118 Å². The van der Waals surface area contributed by atoms with Crippen LogP contribution in [0.4, 0.5) is 0 Å². The van der Waals surface area contributed by atoms with Crippen molar-refractivity contribution in [2.75, 3.05) is 13.2 Å². The first-order valence-corrected chi connectivity index (χ1v) is 8.43. The molecule has 1 fully saturated rings. The van der Waals surface area contributed by atoms with Crippen molar-refractivity contribution in [1.82, 2.24) is 0 Å². The maximum absolute atomic E-state index is 11.5. The summed E-state index contributed by atoms with van der Waals surface area (Å²) in [6, 6.07) is 9.21. The molecule has 1 aliphatic heterocycles. The van der Waals surface area contributed by atoms with Crippen molar-refractivity contribution in [3.05, 3.63) is 35.9 Å². The summed E-state index contributed by atoms with van der Waals surface area (Å²) >= 11 is 0. The summed E-state index contributed by atoms with van der Waals surface area (Å²) in [5.74, 6) is -1.08. The van der Waals surface area contributed by atoms with Crippen molar-refractivity contribution in [3.63, 3.8) is 0 Å². The third kappa shape index (κ3) is 3.55. The molecule has 0 spiro atoms. The van der Waals surface area contributed by atoms with Gasteiger partial charge in [0.1, 0.15) is 0 Å². The average molecular weight is 300 g/mol. The van der Waals surface area contributed by atoms with E-state index in [0.717, 1.165) is 5.56 Å². The molecule has 1 aliphatic rings. The zero-order valence-electron chi connectivity index (χ0n) is 11.7. The van der Waals surface area contributed by atoms with Crippen molar-refractivity contribution < 1.29 is 23.8 Å². The molecule has 1 aromatic carbocycles. The van der Waals surface area contributed by atoms with Crippen molar-refractivity contribution in [2.24, 2.45) is 5.41 Å². The van der Waals surface area contributed by atoms with Gasteiger partial charge in [0.2, 0.25) is 0 Å². The third-order valence-corrected chi connectivity index (χ3v) is 5.81. The standard InChI is InChI=1S/C14H21O5P/c1-14(2)9-18-20(17,19-10-14)12(13(15)16)8-11-6-4-3-5-7-11/h3-7,12,17,20H,8-10H2,1-2H3,(H,15,16). The molecule has 6 heteroatoms. The molecule has 1 aromatic rings. The number of rotatable bonds is 4. The molecule has 0 bridgehead atoms. The van der Waals surface area contributed by atoms with E-state index in [2.05, 4.69) is 0 Å². The summed E-state index contributed by atoms with van der Waals surface area (Å²) in [6.07, 6.45) is 0.208. The number of hydrogen-bond donors (Lipinski definition) is 2. The Labute approximate surface area is 119 Å². The Balaban J connectivity index is 2.15.